The maximum atomic E-state index is 12.5. The van der Waals surface area contributed by atoms with Gasteiger partial charge in [-0.05, 0) is 65.9 Å². The number of H-pyrrole nitrogens is 1. The van der Waals surface area contributed by atoms with E-state index in [4.69, 9.17) is 0 Å². The molecule has 2 N–H and O–H groups in total. The molecule has 0 fully saturated rings. The van der Waals surface area contributed by atoms with E-state index < -0.39 is 11.5 Å². The van der Waals surface area contributed by atoms with Crippen molar-refractivity contribution < 1.29 is 4.79 Å². The van der Waals surface area contributed by atoms with E-state index in [1.165, 1.54) is 0 Å². The van der Waals surface area contributed by atoms with Crippen molar-refractivity contribution in [2.24, 2.45) is 0 Å². The maximum absolute atomic E-state index is 12.5. The zero-order chi connectivity index (χ0) is 21.1. The Morgan fingerprint density at radius 1 is 0.733 bits per heavy atom. The van der Waals surface area contributed by atoms with E-state index in [0.29, 0.717) is 11.4 Å². The number of hydrogen-bond donors (Lipinski definition) is 2. The van der Waals surface area contributed by atoms with E-state index in [1.807, 2.05) is 74.5 Å². The predicted molar refractivity (Wildman–Crippen MR) is 122 cm³/mol. The zero-order valence-corrected chi connectivity index (χ0v) is 16.9. The minimum Gasteiger partial charge on any atom is -0.322 e. The molecule has 0 spiro atoms. The molecule has 0 saturated carbocycles. The molecule has 30 heavy (non-hydrogen) atoms. The molecule has 1 amide bonds. The highest BCUT2D eigenvalue weighted by Crippen LogP contribution is 2.23. The SMILES string of the molecule is Cc1ccc(NC(=O)c2ccc(-c3ccc(-c4ccccc4)cc3)[nH]c2=O)cc1C. The fourth-order valence-electron chi connectivity index (χ4n) is 3.31. The average Bonchev–Trinajstić information content (AvgIpc) is 2.77. The van der Waals surface area contributed by atoms with Gasteiger partial charge in [-0.25, -0.2) is 0 Å². The highest BCUT2D eigenvalue weighted by atomic mass is 16.2. The Morgan fingerprint density at radius 2 is 1.40 bits per heavy atom. The Labute approximate surface area is 175 Å². The van der Waals surface area contributed by atoms with Crippen LogP contribution in [-0.2, 0) is 0 Å². The second-order valence-corrected chi connectivity index (χ2v) is 7.31. The molecule has 1 heterocycles. The normalized spacial score (nSPS) is 10.6. The fourth-order valence-corrected chi connectivity index (χ4v) is 3.31. The summed E-state index contributed by atoms with van der Waals surface area (Å²) in [6.45, 7) is 3.99. The highest BCUT2D eigenvalue weighted by Gasteiger charge is 2.12. The second kappa shape index (κ2) is 8.21. The predicted octanol–water partition coefficient (Wildman–Crippen LogP) is 5.58. The number of pyridine rings is 1. The monoisotopic (exact) mass is 394 g/mol. The first-order valence-corrected chi connectivity index (χ1v) is 9.79. The summed E-state index contributed by atoms with van der Waals surface area (Å²) in [5, 5.41) is 2.79. The van der Waals surface area contributed by atoms with Gasteiger partial charge < -0.3 is 10.3 Å². The molecule has 0 unspecified atom stereocenters. The minimum atomic E-state index is -0.425. The number of aromatic nitrogens is 1. The summed E-state index contributed by atoms with van der Waals surface area (Å²) < 4.78 is 0. The van der Waals surface area contributed by atoms with Crippen molar-refractivity contribution in [1.82, 2.24) is 4.98 Å². The number of rotatable bonds is 4. The van der Waals surface area contributed by atoms with Crippen LogP contribution in [0.4, 0.5) is 5.69 Å². The number of nitrogens with one attached hydrogen (secondary N) is 2. The van der Waals surface area contributed by atoms with Gasteiger partial charge in [-0.15, -0.1) is 0 Å². The van der Waals surface area contributed by atoms with Gasteiger partial charge in [0.15, 0.2) is 0 Å². The van der Waals surface area contributed by atoms with Crippen LogP contribution >= 0.6 is 0 Å². The van der Waals surface area contributed by atoms with E-state index in [1.54, 1.807) is 12.1 Å². The topological polar surface area (TPSA) is 62.0 Å². The number of anilines is 1. The van der Waals surface area contributed by atoms with Gasteiger partial charge in [0, 0.05) is 11.4 Å². The first kappa shape index (κ1) is 19.4. The minimum absolute atomic E-state index is 0.0814. The van der Waals surface area contributed by atoms with Crippen molar-refractivity contribution in [3.8, 4) is 22.4 Å². The Bertz CT molecular complexity index is 1260. The standard InChI is InChI=1S/C26H22N2O2/c1-17-8-13-22(16-18(17)2)27-25(29)23-14-15-24(28-26(23)30)21-11-9-20(10-12-21)19-6-4-3-5-7-19/h3-16H,1-2H3,(H,27,29)(H,28,30). The van der Waals surface area contributed by atoms with E-state index in [0.717, 1.165) is 27.8 Å². The van der Waals surface area contributed by atoms with Gasteiger partial charge in [-0.2, -0.15) is 0 Å². The van der Waals surface area contributed by atoms with Crippen LogP contribution in [0.15, 0.2) is 89.7 Å². The first-order chi connectivity index (χ1) is 14.5. The van der Waals surface area contributed by atoms with Gasteiger partial charge in [0.05, 0.1) is 0 Å². The van der Waals surface area contributed by atoms with E-state index in [9.17, 15) is 9.59 Å². The molecule has 0 bridgehead atoms. The van der Waals surface area contributed by atoms with Crippen LogP contribution in [0.2, 0.25) is 0 Å². The molecule has 4 rings (SSSR count). The Balaban J connectivity index is 1.55. The summed E-state index contributed by atoms with van der Waals surface area (Å²) in [6, 6.07) is 27.0. The summed E-state index contributed by atoms with van der Waals surface area (Å²) >= 11 is 0. The van der Waals surface area contributed by atoms with Gasteiger partial charge in [0.1, 0.15) is 5.56 Å². The molecule has 0 aliphatic carbocycles. The molecule has 0 atom stereocenters. The number of carbonyl (C=O) groups excluding carboxylic acids is 1. The Morgan fingerprint density at radius 3 is 2.07 bits per heavy atom. The van der Waals surface area contributed by atoms with E-state index >= 15 is 0 Å². The van der Waals surface area contributed by atoms with E-state index in [2.05, 4.69) is 22.4 Å². The Hall–Kier alpha value is -3.92. The van der Waals surface area contributed by atoms with Crippen LogP contribution in [-0.4, -0.2) is 10.9 Å². The number of carbonyl (C=O) groups is 1. The third-order valence-electron chi connectivity index (χ3n) is 5.22. The van der Waals surface area contributed by atoms with Crippen molar-refractivity contribution in [3.63, 3.8) is 0 Å². The van der Waals surface area contributed by atoms with Crippen LogP contribution in [0, 0.1) is 13.8 Å². The van der Waals surface area contributed by atoms with Gasteiger partial charge in [0.25, 0.3) is 11.5 Å². The molecule has 4 heteroatoms. The number of amides is 1. The van der Waals surface area contributed by atoms with Gasteiger partial charge >= 0.3 is 0 Å². The second-order valence-electron chi connectivity index (χ2n) is 7.31. The van der Waals surface area contributed by atoms with Crippen molar-refractivity contribution in [3.05, 3.63) is 112 Å². The Kier molecular flexibility index (Phi) is 5.31. The fraction of sp³-hybridized carbons (Fsp3) is 0.0769. The van der Waals surface area contributed by atoms with Crippen LogP contribution in [0.25, 0.3) is 22.4 Å². The van der Waals surface area contributed by atoms with Gasteiger partial charge in [0.2, 0.25) is 0 Å². The van der Waals surface area contributed by atoms with Crippen LogP contribution in [0.3, 0.4) is 0 Å². The molecule has 0 saturated heterocycles. The average molecular weight is 394 g/mol. The molecule has 0 aliphatic heterocycles. The van der Waals surface area contributed by atoms with Crippen LogP contribution < -0.4 is 10.9 Å². The molecule has 1 aromatic heterocycles. The van der Waals surface area contributed by atoms with Crippen molar-refractivity contribution in [1.29, 1.82) is 0 Å². The molecule has 0 aliphatic rings. The maximum Gasteiger partial charge on any atom is 0.261 e. The summed E-state index contributed by atoms with van der Waals surface area (Å²) in [5.41, 5.74) is 6.35. The lowest BCUT2D eigenvalue weighted by Crippen LogP contribution is -2.23. The zero-order valence-electron chi connectivity index (χ0n) is 16.9. The third-order valence-corrected chi connectivity index (χ3v) is 5.22. The van der Waals surface area contributed by atoms with Crippen molar-refractivity contribution in [2.45, 2.75) is 13.8 Å². The molecular weight excluding hydrogens is 372 g/mol. The molecule has 148 valence electrons. The van der Waals surface area contributed by atoms with E-state index in [-0.39, 0.29) is 5.56 Å². The molecule has 0 radical (unpaired) electrons. The number of aromatic amines is 1. The summed E-state index contributed by atoms with van der Waals surface area (Å²) in [7, 11) is 0. The molecular formula is C26H22N2O2. The number of hydrogen-bond acceptors (Lipinski definition) is 2. The highest BCUT2D eigenvalue weighted by molar-refractivity contribution is 6.04. The quantitative estimate of drug-likeness (QED) is 0.475. The number of benzene rings is 3. The molecule has 3 aromatic carbocycles. The smallest absolute Gasteiger partial charge is 0.261 e. The lowest BCUT2D eigenvalue weighted by Gasteiger charge is -2.09. The summed E-state index contributed by atoms with van der Waals surface area (Å²) in [6.07, 6.45) is 0. The third kappa shape index (κ3) is 4.08. The van der Waals surface area contributed by atoms with Crippen molar-refractivity contribution in [2.75, 3.05) is 5.32 Å². The molecule has 4 nitrogen and oxygen atoms in total. The number of aryl methyl sites for hydroxylation is 2. The van der Waals surface area contributed by atoms with Crippen molar-refractivity contribution >= 4 is 11.6 Å². The lowest BCUT2D eigenvalue weighted by atomic mass is 10.0. The largest absolute Gasteiger partial charge is 0.322 e. The summed E-state index contributed by atoms with van der Waals surface area (Å²) in [5.74, 6) is -0.425. The van der Waals surface area contributed by atoms with Gasteiger partial charge in [-0.1, -0.05) is 60.7 Å². The van der Waals surface area contributed by atoms with Gasteiger partial charge in [-0.3, -0.25) is 9.59 Å². The van der Waals surface area contributed by atoms with Crippen LogP contribution in [0.1, 0.15) is 21.5 Å². The lowest BCUT2D eigenvalue weighted by molar-refractivity contribution is 0.102. The summed E-state index contributed by atoms with van der Waals surface area (Å²) in [4.78, 5) is 27.9. The first-order valence-electron chi connectivity index (χ1n) is 9.79. The van der Waals surface area contributed by atoms with Crippen LogP contribution in [0.5, 0.6) is 0 Å². The molecule has 4 aromatic rings.